The monoisotopic (exact) mass is 316 g/mol. The van der Waals surface area contributed by atoms with Crippen LogP contribution in [0.1, 0.15) is 49.7 Å². The fourth-order valence-corrected chi connectivity index (χ4v) is 2.36. The van der Waals surface area contributed by atoms with Crippen LogP contribution in [0, 0.1) is 0 Å². The number of ketones is 1. The number of rotatable bonds is 4. The molecule has 0 saturated carbocycles. The number of fused-ring (bicyclic) bond motifs is 1. The van der Waals surface area contributed by atoms with Gasteiger partial charge in [0.05, 0.1) is 5.56 Å². The molecule has 1 heterocycles. The van der Waals surface area contributed by atoms with Gasteiger partial charge in [-0.3, -0.25) is 4.79 Å². The standard InChI is InChI=1S/C18H20O5/c1-6-10(4)18(21)23-17-13-7-12(11(5)19)14(20)8-15(13)22-16(17)9(2)3/h6-8,16-17,20H,2H2,1,3-5H3/b10-6+/t16?,17-/m1/s1. The Kier molecular flexibility index (Phi) is 4.59. The fraction of sp³-hybridized carbons (Fsp3) is 0.333. The first-order chi connectivity index (χ1) is 10.8. The Morgan fingerprint density at radius 2 is 1.96 bits per heavy atom. The van der Waals surface area contributed by atoms with Gasteiger partial charge in [0.25, 0.3) is 0 Å². The zero-order chi connectivity index (χ0) is 17.3. The number of Topliss-reactive ketones (excluding diaryl/α,β-unsaturated/α-hetero) is 1. The lowest BCUT2D eigenvalue weighted by Crippen LogP contribution is -2.24. The van der Waals surface area contributed by atoms with Gasteiger partial charge >= 0.3 is 5.97 Å². The van der Waals surface area contributed by atoms with Crippen LogP contribution in [0.2, 0.25) is 0 Å². The third-order valence-corrected chi connectivity index (χ3v) is 3.82. The molecule has 23 heavy (non-hydrogen) atoms. The molecule has 0 fully saturated rings. The highest BCUT2D eigenvalue weighted by atomic mass is 16.6. The van der Waals surface area contributed by atoms with Gasteiger partial charge in [0, 0.05) is 17.2 Å². The summed E-state index contributed by atoms with van der Waals surface area (Å²) >= 11 is 0. The Bertz CT molecular complexity index is 714. The summed E-state index contributed by atoms with van der Waals surface area (Å²) in [5.74, 6) is -0.513. The summed E-state index contributed by atoms with van der Waals surface area (Å²) < 4.78 is 11.3. The fourth-order valence-electron chi connectivity index (χ4n) is 2.36. The van der Waals surface area contributed by atoms with Crippen molar-refractivity contribution >= 4 is 11.8 Å². The highest BCUT2D eigenvalue weighted by molar-refractivity contribution is 5.97. The first kappa shape index (κ1) is 16.8. The summed E-state index contributed by atoms with van der Waals surface area (Å²) in [6.45, 7) is 10.4. The van der Waals surface area contributed by atoms with Gasteiger partial charge in [0.1, 0.15) is 11.5 Å². The average molecular weight is 316 g/mol. The Labute approximate surface area is 135 Å². The number of hydrogen-bond acceptors (Lipinski definition) is 5. The lowest BCUT2D eigenvalue weighted by Gasteiger charge is -2.20. The number of ether oxygens (including phenoxy) is 2. The SMILES string of the molecule is C=C(C)C1Oc2cc(O)c(C(C)=O)cc2[C@H]1OC(=O)/C(C)=C/C. The Morgan fingerprint density at radius 1 is 1.30 bits per heavy atom. The molecule has 122 valence electrons. The van der Waals surface area contributed by atoms with Crippen LogP contribution in [0.3, 0.4) is 0 Å². The molecule has 1 N–H and O–H groups in total. The molecular formula is C18H20O5. The molecule has 0 spiro atoms. The van der Waals surface area contributed by atoms with E-state index in [1.54, 1.807) is 26.8 Å². The van der Waals surface area contributed by atoms with Crippen LogP contribution >= 0.6 is 0 Å². The molecule has 0 aliphatic carbocycles. The predicted molar refractivity (Wildman–Crippen MR) is 85.6 cm³/mol. The molecule has 2 rings (SSSR count). The van der Waals surface area contributed by atoms with Gasteiger partial charge in [-0.05, 0) is 39.3 Å². The summed E-state index contributed by atoms with van der Waals surface area (Å²) in [6.07, 6.45) is 0.399. The normalized spacial score (nSPS) is 19.7. The zero-order valence-electron chi connectivity index (χ0n) is 13.7. The second-order valence-electron chi connectivity index (χ2n) is 5.65. The first-order valence-electron chi connectivity index (χ1n) is 7.30. The third kappa shape index (κ3) is 3.13. The van der Waals surface area contributed by atoms with Crippen molar-refractivity contribution in [2.24, 2.45) is 0 Å². The van der Waals surface area contributed by atoms with Gasteiger partial charge in [-0.25, -0.2) is 4.79 Å². The average Bonchev–Trinajstić information content (AvgIpc) is 2.83. The molecule has 2 atom stereocenters. The summed E-state index contributed by atoms with van der Waals surface area (Å²) in [7, 11) is 0. The van der Waals surface area contributed by atoms with E-state index in [0.29, 0.717) is 22.5 Å². The van der Waals surface area contributed by atoms with Crippen LogP contribution < -0.4 is 4.74 Å². The summed E-state index contributed by atoms with van der Waals surface area (Å²) in [5.41, 5.74) is 1.88. The van der Waals surface area contributed by atoms with E-state index >= 15 is 0 Å². The van der Waals surface area contributed by atoms with Crippen molar-refractivity contribution in [3.8, 4) is 11.5 Å². The van der Waals surface area contributed by atoms with Crippen LogP contribution in [-0.2, 0) is 9.53 Å². The summed E-state index contributed by atoms with van der Waals surface area (Å²) in [5, 5.41) is 9.92. The molecule has 5 heteroatoms. The lowest BCUT2D eigenvalue weighted by atomic mass is 9.98. The smallest absolute Gasteiger partial charge is 0.334 e. The number of carbonyl (C=O) groups is 2. The van der Waals surface area contributed by atoms with E-state index in [2.05, 4.69) is 6.58 Å². The van der Waals surface area contributed by atoms with Crippen molar-refractivity contribution in [2.45, 2.75) is 39.9 Å². The number of benzene rings is 1. The highest BCUT2D eigenvalue weighted by Gasteiger charge is 2.39. The number of carbonyl (C=O) groups excluding carboxylic acids is 2. The van der Waals surface area contributed by atoms with Gasteiger partial charge in [-0.2, -0.15) is 0 Å². The topological polar surface area (TPSA) is 72.8 Å². The van der Waals surface area contributed by atoms with Crippen molar-refractivity contribution in [1.82, 2.24) is 0 Å². The molecule has 0 amide bonds. The maximum absolute atomic E-state index is 12.1. The van der Waals surface area contributed by atoms with Gasteiger partial charge < -0.3 is 14.6 Å². The first-order valence-corrected chi connectivity index (χ1v) is 7.30. The largest absolute Gasteiger partial charge is 0.507 e. The molecule has 0 radical (unpaired) electrons. The number of allylic oxidation sites excluding steroid dienone is 1. The van der Waals surface area contributed by atoms with Crippen LogP contribution in [0.5, 0.6) is 11.5 Å². The molecular weight excluding hydrogens is 296 g/mol. The molecule has 1 aromatic carbocycles. The molecule has 1 aliphatic heterocycles. The van der Waals surface area contributed by atoms with Crippen molar-refractivity contribution in [3.05, 3.63) is 47.1 Å². The summed E-state index contributed by atoms with van der Waals surface area (Å²) in [4.78, 5) is 23.7. The third-order valence-electron chi connectivity index (χ3n) is 3.82. The van der Waals surface area contributed by atoms with Crippen LogP contribution in [0.25, 0.3) is 0 Å². The molecule has 0 aromatic heterocycles. The maximum atomic E-state index is 12.1. The maximum Gasteiger partial charge on any atom is 0.334 e. The van der Waals surface area contributed by atoms with E-state index in [0.717, 1.165) is 0 Å². The zero-order valence-corrected chi connectivity index (χ0v) is 13.7. The van der Waals surface area contributed by atoms with Crippen molar-refractivity contribution in [1.29, 1.82) is 0 Å². The highest BCUT2D eigenvalue weighted by Crippen LogP contribution is 2.44. The van der Waals surface area contributed by atoms with Crippen molar-refractivity contribution < 1.29 is 24.2 Å². The quantitative estimate of drug-likeness (QED) is 0.398. The Morgan fingerprint density at radius 3 is 2.48 bits per heavy atom. The molecule has 1 aliphatic rings. The summed E-state index contributed by atoms with van der Waals surface area (Å²) in [6, 6.07) is 2.89. The van der Waals surface area contributed by atoms with Crippen LogP contribution in [-0.4, -0.2) is 23.0 Å². The van der Waals surface area contributed by atoms with Gasteiger partial charge in [0.2, 0.25) is 0 Å². The van der Waals surface area contributed by atoms with E-state index in [9.17, 15) is 14.7 Å². The van der Waals surface area contributed by atoms with Crippen LogP contribution in [0.15, 0.2) is 35.9 Å². The second-order valence-corrected chi connectivity index (χ2v) is 5.65. The Balaban J connectivity index is 2.47. The van der Waals surface area contributed by atoms with Gasteiger partial charge in [0.15, 0.2) is 18.0 Å². The van der Waals surface area contributed by atoms with E-state index in [1.165, 1.54) is 19.1 Å². The number of phenols is 1. The Hall–Kier alpha value is -2.56. The van der Waals surface area contributed by atoms with Crippen molar-refractivity contribution in [2.75, 3.05) is 0 Å². The van der Waals surface area contributed by atoms with E-state index < -0.39 is 18.2 Å². The second kappa shape index (κ2) is 6.28. The minimum atomic E-state index is -0.705. The molecule has 0 bridgehead atoms. The molecule has 1 aromatic rings. The van der Waals surface area contributed by atoms with Gasteiger partial charge in [-0.15, -0.1) is 0 Å². The van der Waals surface area contributed by atoms with E-state index in [4.69, 9.17) is 9.47 Å². The van der Waals surface area contributed by atoms with Crippen LogP contribution in [0.4, 0.5) is 0 Å². The molecule has 1 unspecified atom stereocenters. The predicted octanol–water partition coefficient (Wildman–Crippen LogP) is 3.48. The number of hydrogen-bond donors (Lipinski definition) is 1. The number of aromatic hydroxyl groups is 1. The number of phenolic OH excluding ortho intramolecular Hbond substituents is 1. The van der Waals surface area contributed by atoms with E-state index in [-0.39, 0.29) is 17.1 Å². The van der Waals surface area contributed by atoms with Crippen molar-refractivity contribution in [3.63, 3.8) is 0 Å². The molecule has 0 saturated heterocycles. The minimum Gasteiger partial charge on any atom is -0.507 e. The minimum absolute atomic E-state index is 0.159. The van der Waals surface area contributed by atoms with Gasteiger partial charge in [-0.1, -0.05) is 12.7 Å². The molecule has 5 nitrogen and oxygen atoms in total. The van der Waals surface area contributed by atoms with E-state index in [1.807, 2.05) is 0 Å². The lowest BCUT2D eigenvalue weighted by molar-refractivity contribution is -0.146. The number of esters is 1.